The lowest BCUT2D eigenvalue weighted by molar-refractivity contribution is -0.119. The van der Waals surface area contributed by atoms with E-state index in [-0.39, 0.29) is 23.7 Å². The lowest BCUT2D eigenvalue weighted by Gasteiger charge is -2.17. The molecule has 1 amide bonds. The molecule has 0 bridgehead atoms. The molecule has 29 heavy (non-hydrogen) atoms. The van der Waals surface area contributed by atoms with Gasteiger partial charge in [-0.05, 0) is 18.2 Å². The first-order chi connectivity index (χ1) is 13.6. The number of hydrogen-bond acceptors (Lipinski definition) is 5. The second kappa shape index (κ2) is 9.14. The summed E-state index contributed by atoms with van der Waals surface area (Å²) in [7, 11) is -2.31. The predicted molar refractivity (Wildman–Crippen MR) is 101 cm³/mol. The zero-order chi connectivity index (χ0) is 21.8. The summed E-state index contributed by atoms with van der Waals surface area (Å²) in [5.41, 5.74) is -0.474. The molecule has 158 valence electrons. The van der Waals surface area contributed by atoms with Crippen molar-refractivity contribution in [1.29, 1.82) is 0 Å². The molecule has 0 saturated carbocycles. The van der Waals surface area contributed by atoms with E-state index in [1.165, 1.54) is 22.1 Å². The summed E-state index contributed by atoms with van der Waals surface area (Å²) >= 11 is 0. The number of anilines is 1. The SMILES string of the molecule is CCN(CC)S(=O)(=O)c1cc(C(=O)OCC(=O)Nc2cc(F)ccc2F)n(C)c1. The zero-order valence-electron chi connectivity index (χ0n) is 16.1. The number of ether oxygens (including phenoxy) is 1. The van der Waals surface area contributed by atoms with E-state index in [2.05, 4.69) is 5.32 Å². The number of benzene rings is 1. The third-order valence-electron chi connectivity index (χ3n) is 4.07. The van der Waals surface area contributed by atoms with Gasteiger partial charge in [-0.25, -0.2) is 22.0 Å². The highest BCUT2D eigenvalue weighted by atomic mass is 32.2. The van der Waals surface area contributed by atoms with Crippen LogP contribution in [0.1, 0.15) is 24.3 Å². The number of amides is 1. The van der Waals surface area contributed by atoms with E-state index < -0.39 is 45.8 Å². The van der Waals surface area contributed by atoms with Crippen LogP contribution in [-0.4, -0.2) is 48.9 Å². The third-order valence-corrected chi connectivity index (χ3v) is 6.08. The minimum absolute atomic E-state index is 0.0815. The molecule has 0 radical (unpaired) electrons. The van der Waals surface area contributed by atoms with Crippen LogP contribution in [0.15, 0.2) is 35.4 Å². The summed E-state index contributed by atoms with van der Waals surface area (Å²) in [5, 5.41) is 2.09. The molecule has 1 aromatic heterocycles. The molecule has 0 aliphatic heterocycles. The summed E-state index contributed by atoms with van der Waals surface area (Å²) in [6.45, 7) is 3.16. The third kappa shape index (κ3) is 5.18. The number of carbonyl (C=O) groups excluding carboxylic acids is 2. The fourth-order valence-corrected chi connectivity index (χ4v) is 4.11. The summed E-state index contributed by atoms with van der Waals surface area (Å²) in [6.07, 6.45) is 1.27. The molecule has 11 heteroatoms. The van der Waals surface area contributed by atoms with E-state index in [0.29, 0.717) is 0 Å². The summed E-state index contributed by atoms with van der Waals surface area (Å²) in [6, 6.07) is 3.68. The number of nitrogens with one attached hydrogen (secondary N) is 1. The number of carbonyl (C=O) groups is 2. The van der Waals surface area contributed by atoms with Crippen molar-refractivity contribution in [3.8, 4) is 0 Å². The van der Waals surface area contributed by atoms with Crippen LogP contribution in [-0.2, 0) is 26.6 Å². The molecule has 1 heterocycles. The van der Waals surface area contributed by atoms with E-state index in [0.717, 1.165) is 24.3 Å². The lowest BCUT2D eigenvalue weighted by atomic mass is 10.3. The van der Waals surface area contributed by atoms with E-state index >= 15 is 0 Å². The van der Waals surface area contributed by atoms with E-state index in [4.69, 9.17) is 4.74 Å². The first kappa shape index (κ1) is 22.5. The largest absolute Gasteiger partial charge is 0.451 e. The second-order valence-electron chi connectivity index (χ2n) is 6.01. The molecule has 0 saturated heterocycles. The normalized spacial score (nSPS) is 11.5. The van der Waals surface area contributed by atoms with Crippen LogP contribution in [0, 0.1) is 11.6 Å². The fraction of sp³-hybridized carbons (Fsp3) is 0.333. The average molecular weight is 429 g/mol. The van der Waals surface area contributed by atoms with Crippen molar-refractivity contribution in [3.05, 3.63) is 47.8 Å². The van der Waals surface area contributed by atoms with Crippen LogP contribution in [0.5, 0.6) is 0 Å². The van der Waals surface area contributed by atoms with Gasteiger partial charge in [0.05, 0.1) is 5.69 Å². The van der Waals surface area contributed by atoms with Crippen LogP contribution in [0.25, 0.3) is 0 Å². The quantitative estimate of drug-likeness (QED) is 0.649. The Morgan fingerprint density at radius 1 is 1.17 bits per heavy atom. The Labute approximate surface area is 167 Å². The van der Waals surface area contributed by atoms with Crippen LogP contribution in [0.4, 0.5) is 14.5 Å². The molecule has 0 aliphatic rings. The van der Waals surface area contributed by atoms with Crippen molar-refractivity contribution >= 4 is 27.6 Å². The maximum atomic E-state index is 13.5. The van der Waals surface area contributed by atoms with E-state index in [9.17, 15) is 26.8 Å². The second-order valence-corrected chi connectivity index (χ2v) is 7.95. The monoisotopic (exact) mass is 429 g/mol. The van der Waals surface area contributed by atoms with Gasteiger partial charge in [0.2, 0.25) is 10.0 Å². The summed E-state index contributed by atoms with van der Waals surface area (Å²) in [5.74, 6) is -3.42. The number of sulfonamides is 1. The molecule has 2 rings (SSSR count). The van der Waals surface area contributed by atoms with Gasteiger partial charge >= 0.3 is 5.97 Å². The number of nitrogens with zero attached hydrogens (tertiary/aromatic N) is 2. The van der Waals surface area contributed by atoms with Crippen molar-refractivity contribution < 1.29 is 31.5 Å². The summed E-state index contributed by atoms with van der Waals surface area (Å²) in [4.78, 5) is 24.0. The van der Waals surface area contributed by atoms with Gasteiger partial charge in [0.1, 0.15) is 22.2 Å². The highest BCUT2D eigenvalue weighted by Gasteiger charge is 2.26. The number of esters is 1. The fourth-order valence-electron chi connectivity index (χ4n) is 2.58. The van der Waals surface area contributed by atoms with Gasteiger partial charge in [-0.1, -0.05) is 13.8 Å². The molecule has 0 unspecified atom stereocenters. The molecule has 1 aromatic carbocycles. The highest BCUT2D eigenvalue weighted by molar-refractivity contribution is 7.89. The predicted octanol–water partition coefficient (Wildman–Crippen LogP) is 2.13. The zero-order valence-corrected chi connectivity index (χ0v) is 16.9. The maximum Gasteiger partial charge on any atom is 0.355 e. The topological polar surface area (TPSA) is 97.7 Å². The molecular formula is C18H21F2N3O5S. The van der Waals surface area contributed by atoms with Crippen molar-refractivity contribution in [2.24, 2.45) is 7.05 Å². The van der Waals surface area contributed by atoms with E-state index in [1.807, 2.05) is 0 Å². The van der Waals surface area contributed by atoms with Gasteiger partial charge in [-0.3, -0.25) is 4.79 Å². The molecular weight excluding hydrogens is 408 g/mol. The lowest BCUT2D eigenvalue weighted by Crippen LogP contribution is -2.30. The number of halogens is 2. The van der Waals surface area contributed by atoms with Crippen LogP contribution in [0.2, 0.25) is 0 Å². The minimum atomic E-state index is -3.77. The van der Waals surface area contributed by atoms with Gasteiger partial charge < -0.3 is 14.6 Å². The Morgan fingerprint density at radius 2 is 1.83 bits per heavy atom. The molecule has 2 aromatic rings. The van der Waals surface area contributed by atoms with Gasteiger partial charge in [-0.15, -0.1) is 0 Å². The Hall–Kier alpha value is -2.79. The molecule has 8 nitrogen and oxygen atoms in total. The van der Waals surface area contributed by atoms with E-state index in [1.54, 1.807) is 13.8 Å². The number of aromatic nitrogens is 1. The smallest absolute Gasteiger partial charge is 0.355 e. The molecule has 0 spiro atoms. The van der Waals surface area contributed by atoms with Gasteiger partial charge in [0.15, 0.2) is 6.61 Å². The Morgan fingerprint density at radius 3 is 2.45 bits per heavy atom. The van der Waals surface area contributed by atoms with Crippen molar-refractivity contribution in [2.75, 3.05) is 25.0 Å². The Bertz CT molecular complexity index is 1020. The first-order valence-electron chi connectivity index (χ1n) is 8.68. The highest BCUT2D eigenvalue weighted by Crippen LogP contribution is 2.19. The minimum Gasteiger partial charge on any atom is -0.451 e. The Balaban J connectivity index is 2.07. The van der Waals surface area contributed by atoms with Gasteiger partial charge in [-0.2, -0.15) is 4.31 Å². The molecule has 0 atom stereocenters. The molecule has 1 N–H and O–H groups in total. The van der Waals surface area contributed by atoms with Crippen LogP contribution in [0.3, 0.4) is 0 Å². The molecule has 0 aliphatic carbocycles. The van der Waals surface area contributed by atoms with Crippen molar-refractivity contribution in [3.63, 3.8) is 0 Å². The van der Waals surface area contributed by atoms with Crippen molar-refractivity contribution in [1.82, 2.24) is 8.87 Å². The molecule has 0 fully saturated rings. The number of aryl methyl sites for hydroxylation is 1. The van der Waals surface area contributed by atoms with Crippen LogP contribution >= 0.6 is 0 Å². The maximum absolute atomic E-state index is 13.5. The standard InChI is InChI=1S/C18H21F2N3O5S/c1-4-23(5-2)29(26,27)13-9-16(22(3)10-13)18(25)28-11-17(24)21-15-8-12(19)6-7-14(15)20/h6-10H,4-5,11H2,1-3H3,(H,21,24). The Kier molecular flexibility index (Phi) is 7.09. The number of rotatable bonds is 8. The average Bonchev–Trinajstić information content (AvgIpc) is 3.06. The van der Waals surface area contributed by atoms with Gasteiger partial charge in [0, 0.05) is 32.4 Å². The summed E-state index contributed by atoms with van der Waals surface area (Å²) < 4.78 is 59.1. The number of hydrogen-bond donors (Lipinski definition) is 1. The van der Waals surface area contributed by atoms with Crippen LogP contribution < -0.4 is 5.32 Å². The van der Waals surface area contributed by atoms with Gasteiger partial charge in [0.25, 0.3) is 5.91 Å². The van der Waals surface area contributed by atoms with Crippen molar-refractivity contribution in [2.45, 2.75) is 18.7 Å². The first-order valence-corrected chi connectivity index (χ1v) is 10.1.